The van der Waals surface area contributed by atoms with Gasteiger partial charge in [-0.15, -0.1) is 0 Å². The van der Waals surface area contributed by atoms with Gasteiger partial charge in [-0.25, -0.2) is 4.79 Å². The number of hydrogen-bond donors (Lipinski definition) is 3. The Morgan fingerprint density at radius 1 is 1.53 bits per heavy atom. The number of carboxylic acid groups (broad SMARTS) is 1. The van der Waals surface area contributed by atoms with Gasteiger partial charge in [-0.3, -0.25) is 9.59 Å². The molecule has 3 N–H and O–H groups in total. The molecule has 1 fully saturated rings. The lowest BCUT2D eigenvalue weighted by Gasteiger charge is -2.26. The molecule has 3 amide bonds. The van der Waals surface area contributed by atoms with Crippen molar-refractivity contribution in [2.75, 3.05) is 26.2 Å². The normalized spacial score (nSPS) is 15.7. The molecule has 0 unspecified atom stereocenters. The number of nitrogens with zero attached hydrogens (tertiary/aromatic N) is 1. The quantitative estimate of drug-likeness (QED) is 0.537. The molecule has 1 rings (SSSR count). The summed E-state index contributed by atoms with van der Waals surface area (Å²) in [6.07, 6.45) is 0.790. The second kappa shape index (κ2) is 5.18. The number of rotatable bonds is 4. The smallest absolute Gasteiger partial charge is 0.322 e. The van der Waals surface area contributed by atoms with Crippen molar-refractivity contribution < 1.29 is 19.5 Å². The Kier molecular flexibility index (Phi) is 3.90. The zero-order valence-corrected chi connectivity index (χ0v) is 8.15. The van der Waals surface area contributed by atoms with Crippen LogP contribution < -0.4 is 10.6 Å². The SMILES string of the molecule is O=C(O)CNC(=O)CN1CCCNC1=O. The first-order valence-corrected chi connectivity index (χ1v) is 4.61. The average Bonchev–Trinajstić information content (AvgIpc) is 2.18. The Hall–Kier alpha value is -1.79. The number of carbonyl (C=O) groups excluding carboxylic acids is 2. The molecule has 0 radical (unpaired) electrons. The lowest BCUT2D eigenvalue weighted by molar-refractivity contribution is -0.138. The maximum absolute atomic E-state index is 11.2. The Morgan fingerprint density at radius 3 is 2.87 bits per heavy atom. The average molecular weight is 215 g/mol. The van der Waals surface area contributed by atoms with E-state index in [0.29, 0.717) is 13.1 Å². The van der Waals surface area contributed by atoms with Crippen LogP contribution in [0.1, 0.15) is 6.42 Å². The third-order valence-corrected chi connectivity index (χ3v) is 1.94. The predicted molar refractivity (Wildman–Crippen MR) is 50.2 cm³/mol. The molecule has 1 aliphatic rings. The summed E-state index contributed by atoms with van der Waals surface area (Å²) in [6, 6.07) is -0.285. The van der Waals surface area contributed by atoms with E-state index in [-0.39, 0.29) is 12.6 Å². The molecule has 1 heterocycles. The summed E-state index contributed by atoms with van der Waals surface area (Å²) in [6.45, 7) is 0.617. The molecule has 0 atom stereocenters. The highest BCUT2D eigenvalue weighted by molar-refractivity contribution is 5.86. The summed E-state index contributed by atoms with van der Waals surface area (Å²) >= 11 is 0. The van der Waals surface area contributed by atoms with Crippen LogP contribution in [0, 0.1) is 0 Å². The van der Waals surface area contributed by atoms with Gasteiger partial charge in [0, 0.05) is 13.1 Å². The summed E-state index contributed by atoms with van der Waals surface area (Å²) in [5, 5.41) is 13.1. The van der Waals surface area contributed by atoms with E-state index < -0.39 is 18.4 Å². The van der Waals surface area contributed by atoms with Crippen LogP contribution in [-0.2, 0) is 9.59 Å². The standard InChI is InChI=1S/C8H13N3O4/c12-6(10-4-7(13)14)5-11-3-1-2-9-8(11)15/h1-5H2,(H,9,15)(H,10,12)(H,13,14). The second-order valence-electron chi connectivity index (χ2n) is 3.18. The minimum absolute atomic E-state index is 0.0981. The van der Waals surface area contributed by atoms with Crippen LogP contribution >= 0.6 is 0 Å². The van der Waals surface area contributed by atoms with Gasteiger partial charge in [0.15, 0.2) is 0 Å². The largest absolute Gasteiger partial charge is 0.480 e. The number of nitrogens with one attached hydrogen (secondary N) is 2. The van der Waals surface area contributed by atoms with Gasteiger partial charge in [0.2, 0.25) is 5.91 Å². The van der Waals surface area contributed by atoms with Crippen molar-refractivity contribution in [2.45, 2.75) is 6.42 Å². The molecule has 15 heavy (non-hydrogen) atoms. The first-order chi connectivity index (χ1) is 7.09. The van der Waals surface area contributed by atoms with Crippen molar-refractivity contribution in [1.29, 1.82) is 0 Å². The van der Waals surface area contributed by atoms with Crippen LogP contribution in [0.2, 0.25) is 0 Å². The Morgan fingerprint density at radius 2 is 2.27 bits per heavy atom. The monoisotopic (exact) mass is 215 g/mol. The lowest BCUT2D eigenvalue weighted by Crippen LogP contribution is -2.50. The predicted octanol–water partition coefficient (Wildman–Crippen LogP) is -1.40. The van der Waals surface area contributed by atoms with Crippen molar-refractivity contribution in [3.8, 4) is 0 Å². The zero-order valence-electron chi connectivity index (χ0n) is 8.15. The molecule has 1 saturated heterocycles. The molecule has 0 bridgehead atoms. The van der Waals surface area contributed by atoms with Gasteiger partial charge in [-0.2, -0.15) is 0 Å². The molecule has 0 aromatic rings. The summed E-state index contributed by atoms with van der Waals surface area (Å²) in [5.74, 6) is -1.57. The van der Waals surface area contributed by atoms with Gasteiger partial charge in [0.05, 0.1) is 0 Å². The Labute approximate surface area is 86.4 Å². The minimum atomic E-state index is -1.11. The van der Waals surface area contributed by atoms with Crippen LogP contribution in [0.3, 0.4) is 0 Å². The van der Waals surface area contributed by atoms with E-state index >= 15 is 0 Å². The van der Waals surface area contributed by atoms with E-state index in [4.69, 9.17) is 5.11 Å². The molecule has 1 aliphatic heterocycles. The van der Waals surface area contributed by atoms with E-state index in [2.05, 4.69) is 10.6 Å². The highest BCUT2D eigenvalue weighted by Gasteiger charge is 2.19. The van der Waals surface area contributed by atoms with Gasteiger partial charge < -0.3 is 20.6 Å². The fourth-order valence-corrected chi connectivity index (χ4v) is 1.23. The van der Waals surface area contributed by atoms with E-state index in [1.807, 2.05) is 0 Å². The molecule has 7 nitrogen and oxygen atoms in total. The van der Waals surface area contributed by atoms with E-state index in [1.54, 1.807) is 0 Å². The van der Waals surface area contributed by atoms with Gasteiger partial charge >= 0.3 is 12.0 Å². The van der Waals surface area contributed by atoms with Crippen LogP contribution in [0.15, 0.2) is 0 Å². The van der Waals surface area contributed by atoms with Gasteiger partial charge in [-0.1, -0.05) is 0 Å². The summed E-state index contributed by atoms with van der Waals surface area (Å²) in [5.41, 5.74) is 0. The van der Waals surface area contributed by atoms with Gasteiger partial charge in [-0.05, 0) is 6.42 Å². The molecule has 7 heteroatoms. The van der Waals surface area contributed by atoms with Crippen LogP contribution in [0.5, 0.6) is 0 Å². The first-order valence-electron chi connectivity index (χ1n) is 4.61. The summed E-state index contributed by atoms with van der Waals surface area (Å²) in [7, 11) is 0. The van der Waals surface area contributed by atoms with E-state index in [1.165, 1.54) is 4.90 Å². The number of carbonyl (C=O) groups is 3. The molecular formula is C8H13N3O4. The number of carboxylic acids is 1. The molecule has 0 aliphatic carbocycles. The lowest BCUT2D eigenvalue weighted by atomic mass is 10.3. The Balaban J connectivity index is 2.30. The van der Waals surface area contributed by atoms with Crippen LogP contribution in [0.25, 0.3) is 0 Å². The van der Waals surface area contributed by atoms with Crippen molar-refractivity contribution in [3.63, 3.8) is 0 Å². The number of amides is 3. The Bertz CT molecular complexity index is 279. The maximum atomic E-state index is 11.2. The molecule has 84 valence electrons. The molecule has 0 aromatic heterocycles. The highest BCUT2D eigenvalue weighted by atomic mass is 16.4. The molecule has 0 spiro atoms. The molecular weight excluding hydrogens is 202 g/mol. The van der Waals surface area contributed by atoms with Crippen LogP contribution in [0.4, 0.5) is 4.79 Å². The highest BCUT2D eigenvalue weighted by Crippen LogP contribution is 1.97. The third kappa shape index (κ3) is 3.84. The minimum Gasteiger partial charge on any atom is -0.480 e. The number of aliphatic carboxylic acids is 1. The van der Waals surface area contributed by atoms with Crippen molar-refractivity contribution in [1.82, 2.24) is 15.5 Å². The second-order valence-corrected chi connectivity index (χ2v) is 3.18. The van der Waals surface area contributed by atoms with Crippen molar-refractivity contribution in [2.24, 2.45) is 0 Å². The van der Waals surface area contributed by atoms with E-state index in [0.717, 1.165) is 6.42 Å². The fourth-order valence-electron chi connectivity index (χ4n) is 1.23. The third-order valence-electron chi connectivity index (χ3n) is 1.94. The van der Waals surface area contributed by atoms with Crippen molar-refractivity contribution >= 4 is 17.9 Å². The number of hydrogen-bond acceptors (Lipinski definition) is 3. The molecule has 0 saturated carbocycles. The summed E-state index contributed by atoms with van der Waals surface area (Å²) in [4.78, 5) is 33.9. The maximum Gasteiger partial charge on any atom is 0.322 e. The molecule has 0 aromatic carbocycles. The fraction of sp³-hybridized carbons (Fsp3) is 0.625. The van der Waals surface area contributed by atoms with Gasteiger partial charge in [0.1, 0.15) is 13.1 Å². The number of urea groups is 1. The zero-order chi connectivity index (χ0) is 11.3. The first kappa shape index (κ1) is 11.3. The van der Waals surface area contributed by atoms with E-state index in [9.17, 15) is 14.4 Å². The van der Waals surface area contributed by atoms with Crippen molar-refractivity contribution in [3.05, 3.63) is 0 Å². The van der Waals surface area contributed by atoms with Crippen LogP contribution in [-0.4, -0.2) is 54.1 Å². The summed E-state index contributed by atoms with van der Waals surface area (Å²) < 4.78 is 0. The van der Waals surface area contributed by atoms with Gasteiger partial charge in [0.25, 0.3) is 0 Å². The topological polar surface area (TPSA) is 98.7 Å².